The maximum atomic E-state index is 9.10. The quantitative estimate of drug-likeness (QED) is 0.564. The highest BCUT2D eigenvalue weighted by atomic mass is 16.5. The largest absolute Gasteiger partial charge is 0.422 e. The van der Waals surface area contributed by atoms with E-state index in [1.807, 2.05) is 6.92 Å². The molecule has 7 heteroatoms. The van der Waals surface area contributed by atoms with Gasteiger partial charge in [0.25, 0.3) is 5.62 Å². The summed E-state index contributed by atoms with van der Waals surface area (Å²) < 4.78 is 0.434. The Morgan fingerprint density at radius 3 is 2.71 bits per heavy atom. The number of aromatic nitrogens is 3. The molecular weight excluding hydrogens is 184 g/mol. The van der Waals surface area contributed by atoms with Crippen molar-refractivity contribution in [2.45, 2.75) is 13.3 Å². The van der Waals surface area contributed by atoms with Crippen LogP contribution in [-0.2, 0) is 0 Å². The highest BCUT2D eigenvalue weighted by Crippen LogP contribution is 2.03. The van der Waals surface area contributed by atoms with Crippen molar-refractivity contribution in [2.75, 3.05) is 24.2 Å². The van der Waals surface area contributed by atoms with E-state index in [0.717, 1.165) is 13.0 Å². The molecule has 7 nitrogen and oxygen atoms in total. The second-order valence-electron chi connectivity index (χ2n) is 2.94. The lowest BCUT2D eigenvalue weighted by molar-refractivity contribution is 0.168. The van der Waals surface area contributed by atoms with E-state index >= 15 is 0 Å². The maximum Gasteiger partial charge on any atom is 0.262 e. The van der Waals surface area contributed by atoms with Gasteiger partial charge in [-0.3, -0.25) is 5.41 Å². The summed E-state index contributed by atoms with van der Waals surface area (Å²) in [6.07, 6.45) is 0.946. The van der Waals surface area contributed by atoms with E-state index in [1.54, 1.807) is 11.9 Å². The summed E-state index contributed by atoms with van der Waals surface area (Å²) in [6, 6.07) is 0. The minimum atomic E-state index is -0.324. The molecule has 78 valence electrons. The van der Waals surface area contributed by atoms with Crippen LogP contribution < -0.4 is 16.3 Å². The second kappa shape index (κ2) is 3.95. The Labute approximate surface area is 81.3 Å². The number of nitrogens with one attached hydrogen (secondary N) is 1. The Hall–Kier alpha value is -1.79. The van der Waals surface area contributed by atoms with E-state index in [9.17, 15) is 0 Å². The monoisotopic (exact) mass is 198 g/mol. The average Bonchev–Trinajstić information content (AvgIpc) is 2.13. The van der Waals surface area contributed by atoms with Crippen LogP contribution in [0.25, 0.3) is 0 Å². The van der Waals surface area contributed by atoms with E-state index in [-0.39, 0.29) is 11.6 Å². The fourth-order valence-corrected chi connectivity index (χ4v) is 1.03. The van der Waals surface area contributed by atoms with E-state index < -0.39 is 0 Å². The summed E-state index contributed by atoms with van der Waals surface area (Å²) >= 11 is 0. The number of hydrogen-bond acceptors (Lipinski definition) is 6. The summed E-state index contributed by atoms with van der Waals surface area (Å²) in [4.78, 5) is 9.38. The molecule has 1 heterocycles. The van der Waals surface area contributed by atoms with Crippen LogP contribution in [0.3, 0.4) is 0 Å². The molecule has 1 aromatic heterocycles. The van der Waals surface area contributed by atoms with Crippen LogP contribution >= 0.6 is 0 Å². The molecule has 1 aromatic rings. The molecule has 0 unspecified atom stereocenters. The first kappa shape index (κ1) is 10.3. The molecule has 0 aliphatic rings. The molecule has 0 spiro atoms. The molecule has 0 aromatic carbocycles. The van der Waals surface area contributed by atoms with E-state index in [2.05, 4.69) is 9.97 Å². The minimum absolute atomic E-state index is 0.136. The zero-order valence-corrected chi connectivity index (χ0v) is 8.23. The molecule has 0 radical (unpaired) electrons. The molecule has 0 saturated carbocycles. The van der Waals surface area contributed by atoms with Gasteiger partial charge in [-0.15, -0.1) is 4.73 Å². The Morgan fingerprint density at radius 1 is 1.57 bits per heavy atom. The van der Waals surface area contributed by atoms with Gasteiger partial charge in [0.15, 0.2) is 0 Å². The van der Waals surface area contributed by atoms with E-state index in [1.165, 1.54) is 0 Å². The third kappa shape index (κ3) is 1.93. The molecule has 0 bridgehead atoms. The third-order valence-corrected chi connectivity index (χ3v) is 1.74. The number of anilines is 2. The predicted molar refractivity (Wildman–Crippen MR) is 51.0 cm³/mol. The molecule has 0 atom stereocenters. The summed E-state index contributed by atoms with van der Waals surface area (Å²) in [6.45, 7) is 2.80. The zero-order chi connectivity index (χ0) is 10.7. The van der Waals surface area contributed by atoms with Crippen molar-refractivity contribution in [1.29, 1.82) is 5.41 Å². The zero-order valence-electron chi connectivity index (χ0n) is 8.23. The summed E-state index contributed by atoms with van der Waals surface area (Å²) in [5.41, 5.74) is 5.05. The van der Waals surface area contributed by atoms with Gasteiger partial charge in [-0.25, -0.2) is 0 Å². The first-order valence-electron chi connectivity index (χ1n) is 4.27. The van der Waals surface area contributed by atoms with Gasteiger partial charge in [-0.1, -0.05) is 6.92 Å². The van der Waals surface area contributed by atoms with Gasteiger partial charge in [0.2, 0.25) is 11.9 Å². The highest BCUT2D eigenvalue weighted by molar-refractivity contribution is 5.31. The summed E-state index contributed by atoms with van der Waals surface area (Å²) in [5.74, 6) is 0.211. The number of rotatable bonds is 3. The standard InChI is InChI=1S/C7H14N6O/c1-3-4-12(2)7-10-5(8)13(14)6(9)11-7/h14H,3-4H2,1-2H3,(H3,8,9,10,11). The van der Waals surface area contributed by atoms with Crippen molar-refractivity contribution in [3.63, 3.8) is 0 Å². The minimum Gasteiger partial charge on any atom is -0.422 e. The van der Waals surface area contributed by atoms with Crippen LogP contribution in [-0.4, -0.2) is 33.5 Å². The number of nitrogens with zero attached hydrogens (tertiary/aromatic N) is 4. The van der Waals surface area contributed by atoms with Crippen LogP contribution in [0.15, 0.2) is 0 Å². The van der Waals surface area contributed by atoms with Crippen molar-refractivity contribution >= 4 is 11.9 Å². The van der Waals surface area contributed by atoms with Gasteiger partial charge in [0.05, 0.1) is 0 Å². The normalized spacial score (nSPS) is 10.1. The van der Waals surface area contributed by atoms with Gasteiger partial charge in [0.1, 0.15) is 0 Å². The fourth-order valence-electron chi connectivity index (χ4n) is 1.03. The van der Waals surface area contributed by atoms with Gasteiger partial charge in [-0.2, -0.15) is 9.97 Å². The van der Waals surface area contributed by atoms with Crippen LogP contribution in [0, 0.1) is 5.41 Å². The maximum absolute atomic E-state index is 9.10. The lowest BCUT2D eigenvalue weighted by Crippen LogP contribution is -2.30. The lowest BCUT2D eigenvalue weighted by atomic mass is 10.4. The highest BCUT2D eigenvalue weighted by Gasteiger charge is 2.07. The van der Waals surface area contributed by atoms with Crippen LogP contribution in [0.5, 0.6) is 0 Å². The first-order chi connectivity index (χ1) is 6.56. The van der Waals surface area contributed by atoms with Crippen molar-refractivity contribution in [3.8, 4) is 0 Å². The van der Waals surface area contributed by atoms with Crippen LogP contribution in [0.1, 0.15) is 13.3 Å². The number of nitrogen functional groups attached to an aromatic ring is 1. The number of hydrogen-bond donors (Lipinski definition) is 3. The molecule has 14 heavy (non-hydrogen) atoms. The van der Waals surface area contributed by atoms with Gasteiger partial charge < -0.3 is 15.8 Å². The fraction of sp³-hybridized carbons (Fsp3) is 0.571. The van der Waals surface area contributed by atoms with Gasteiger partial charge >= 0.3 is 0 Å². The smallest absolute Gasteiger partial charge is 0.262 e. The average molecular weight is 198 g/mol. The molecular formula is C7H14N6O. The van der Waals surface area contributed by atoms with Crippen molar-refractivity contribution in [2.24, 2.45) is 0 Å². The Bertz CT molecular complexity index is 373. The summed E-state index contributed by atoms with van der Waals surface area (Å²) in [7, 11) is 1.80. The third-order valence-electron chi connectivity index (χ3n) is 1.74. The molecule has 4 N–H and O–H groups in total. The SMILES string of the molecule is CCCN(C)c1nc(N)n(O)c(=N)n1. The Kier molecular flexibility index (Phi) is 2.90. The number of nitrogens with two attached hydrogens (primary N) is 1. The van der Waals surface area contributed by atoms with Crippen LogP contribution in [0.4, 0.5) is 11.9 Å². The van der Waals surface area contributed by atoms with Crippen LogP contribution in [0.2, 0.25) is 0 Å². The van der Waals surface area contributed by atoms with Gasteiger partial charge in [0, 0.05) is 13.6 Å². The molecule has 0 aliphatic heterocycles. The molecule has 0 saturated heterocycles. The summed E-state index contributed by atoms with van der Waals surface area (Å²) in [5, 5.41) is 16.4. The van der Waals surface area contributed by atoms with Gasteiger partial charge in [-0.05, 0) is 6.42 Å². The molecule has 1 rings (SSSR count). The molecule has 0 aliphatic carbocycles. The Balaban J connectivity index is 3.06. The van der Waals surface area contributed by atoms with E-state index in [0.29, 0.717) is 10.7 Å². The topological polar surface area (TPSA) is 104 Å². The first-order valence-corrected chi connectivity index (χ1v) is 4.27. The Morgan fingerprint density at radius 2 is 2.21 bits per heavy atom. The predicted octanol–water partition coefficient (Wildman–Crippen LogP) is -0.577. The second-order valence-corrected chi connectivity index (χ2v) is 2.94. The molecule has 0 amide bonds. The molecule has 0 fully saturated rings. The van der Waals surface area contributed by atoms with Crippen molar-refractivity contribution in [3.05, 3.63) is 5.62 Å². The van der Waals surface area contributed by atoms with E-state index in [4.69, 9.17) is 16.4 Å². The van der Waals surface area contributed by atoms with Crippen molar-refractivity contribution < 1.29 is 5.21 Å². The van der Waals surface area contributed by atoms with Crippen molar-refractivity contribution in [1.82, 2.24) is 14.7 Å². The lowest BCUT2D eigenvalue weighted by Gasteiger charge is -2.15.